The molecule has 3 heterocycles. The van der Waals surface area contributed by atoms with Crippen molar-refractivity contribution in [1.82, 2.24) is 20.5 Å². The van der Waals surface area contributed by atoms with Crippen LogP contribution < -0.4 is 15.0 Å². The zero-order valence-corrected chi connectivity index (χ0v) is 13.9. The lowest BCUT2D eigenvalue weighted by atomic mass is 10.0. The smallest absolute Gasteiger partial charge is 0.255 e. The van der Waals surface area contributed by atoms with Gasteiger partial charge in [0.05, 0.1) is 18.9 Å². The molecule has 2 aromatic rings. The minimum absolute atomic E-state index is 0.115. The molecule has 0 aliphatic carbocycles. The number of carbonyl (C=O) groups is 1. The second-order valence-electron chi connectivity index (χ2n) is 5.84. The Morgan fingerprint density at radius 3 is 2.83 bits per heavy atom. The van der Waals surface area contributed by atoms with Crippen molar-refractivity contribution in [1.29, 1.82) is 0 Å². The molecule has 1 amide bonds. The van der Waals surface area contributed by atoms with Crippen LogP contribution in [0.3, 0.4) is 0 Å². The first-order valence-corrected chi connectivity index (χ1v) is 8.01. The van der Waals surface area contributed by atoms with Crippen molar-refractivity contribution in [2.45, 2.75) is 25.8 Å². The summed E-state index contributed by atoms with van der Waals surface area (Å²) in [6.45, 7) is 3.54. The summed E-state index contributed by atoms with van der Waals surface area (Å²) in [6.07, 6.45) is 4.99. The van der Waals surface area contributed by atoms with Crippen LogP contribution in [0.15, 0.2) is 30.6 Å². The third-order valence-corrected chi connectivity index (χ3v) is 4.18. The van der Waals surface area contributed by atoms with Gasteiger partial charge in [0.15, 0.2) is 5.82 Å². The molecule has 0 atom stereocenters. The largest absolute Gasteiger partial charge is 0.494 e. The van der Waals surface area contributed by atoms with Gasteiger partial charge in [0.2, 0.25) is 0 Å². The quantitative estimate of drug-likeness (QED) is 0.918. The Bertz CT molecular complexity index is 699. The van der Waals surface area contributed by atoms with E-state index in [0.29, 0.717) is 11.3 Å². The molecule has 0 unspecified atom stereocenters. The van der Waals surface area contributed by atoms with E-state index in [4.69, 9.17) is 4.74 Å². The number of piperidine rings is 1. The average Bonchev–Trinajstić information content (AvgIpc) is 2.63. The lowest BCUT2D eigenvalue weighted by Crippen LogP contribution is -2.45. The number of rotatable bonds is 4. The molecule has 24 heavy (non-hydrogen) atoms. The minimum atomic E-state index is -0.115. The summed E-state index contributed by atoms with van der Waals surface area (Å²) in [6, 6.07) is 5.73. The van der Waals surface area contributed by atoms with Crippen LogP contribution >= 0.6 is 0 Å². The number of aromatic nitrogens is 3. The fourth-order valence-corrected chi connectivity index (χ4v) is 2.87. The molecule has 7 heteroatoms. The maximum atomic E-state index is 12.5. The van der Waals surface area contributed by atoms with Crippen LogP contribution in [0, 0.1) is 6.92 Å². The molecule has 1 N–H and O–H groups in total. The molecule has 126 valence electrons. The summed E-state index contributed by atoms with van der Waals surface area (Å²) >= 11 is 0. The van der Waals surface area contributed by atoms with Crippen LogP contribution in [0.4, 0.5) is 5.82 Å². The third-order valence-electron chi connectivity index (χ3n) is 4.18. The molecular formula is C17H21N5O2. The highest BCUT2D eigenvalue weighted by atomic mass is 16.5. The molecule has 2 aromatic heterocycles. The van der Waals surface area contributed by atoms with Crippen molar-refractivity contribution in [2.75, 3.05) is 25.1 Å². The molecule has 7 nitrogen and oxygen atoms in total. The zero-order chi connectivity index (χ0) is 16.9. The van der Waals surface area contributed by atoms with Crippen LogP contribution in [-0.2, 0) is 0 Å². The lowest BCUT2D eigenvalue weighted by Gasteiger charge is -2.32. The second kappa shape index (κ2) is 7.25. The predicted octanol–water partition coefficient (Wildman–Crippen LogP) is 1.59. The molecule has 1 aliphatic heterocycles. The van der Waals surface area contributed by atoms with Gasteiger partial charge in [0, 0.05) is 31.0 Å². The van der Waals surface area contributed by atoms with Gasteiger partial charge >= 0.3 is 0 Å². The number of carbonyl (C=O) groups excluding carboxylic acids is 1. The van der Waals surface area contributed by atoms with Gasteiger partial charge in [0.1, 0.15) is 5.75 Å². The number of amides is 1. The molecule has 1 aliphatic rings. The van der Waals surface area contributed by atoms with E-state index in [2.05, 4.69) is 25.4 Å². The van der Waals surface area contributed by atoms with E-state index in [9.17, 15) is 4.79 Å². The van der Waals surface area contributed by atoms with Crippen molar-refractivity contribution in [3.8, 4) is 5.75 Å². The van der Waals surface area contributed by atoms with E-state index >= 15 is 0 Å². The van der Waals surface area contributed by atoms with Gasteiger partial charge < -0.3 is 15.0 Å². The zero-order valence-electron chi connectivity index (χ0n) is 13.9. The van der Waals surface area contributed by atoms with Gasteiger partial charge in [0.25, 0.3) is 5.91 Å². The molecule has 3 rings (SSSR count). The van der Waals surface area contributed by atoms with E-state index in [0.717, 1.165) is 37.4 Å². The minimum Gasteiger partial charge on any atom is -0.494 e. The highest BCUT2D eigenvalue weighted by Crippen LogP contribution is 2.20. The summed E-state index contributed by atoms with van der Waals surface area (Å²) < 4.78 is 5.24. The van der Waals surface area contributed by atoms with E-state index in [-0.39, 0.29) is 11.9 Å². The highest BCUT2D eigenvalue weighted by Gasteiger charge is 2.23. The summed E-state index contributed by atoms with van der Waals surface area (Å²) in [5.74, 6) is 1.26. The molecule has 1 fully saturated rings. The number of hydrogen-bond acceptors (Lipinski definition) is 6. The number of anilines is 1. The summed E-state index contributed by atoms with van der Waals surface area (Å²) in [5, 5.41) is 11.1. The van der Waals surface area contributed by atoms with Gasteiger partial charge in [-0.05, 0) is 38.0 Å². The predicted molar refractivity (Wildman–Crippen MR) is 90.3 cm³/mol. The topological polar surface area (TPSA) is 80.2 Å². The van der Waals surface area contributed by atoms with E-state index in [1.165, 1.54) is 0 Å². The van der Waals surface area contributed by atoms with Gasteiger partial charge in [-0.1, -0.05) is 0 Å². The number of nitrogens with one attached hydrogen (secondary N) is 1. The third kappa shape index (κ3) is 3.61. The molecule has 0 aromatic carbocycles. The first-order chi connectivity index (χ1) is 11.7. The number of hydrogen-bond donors (Lipinski definition) is 1. The van der Waals surface area contributed by atoms with Gasteiger partial charge in [-0.3, -0.25) is 9.78 Å². The Kier molecular flexibility index (Phi) is 4.88. The Labute approximate surface area is 141 Å². The van der Waals surface area contributed by atoms with Gasteiger partial charge in [-0.25, -0.2) is 0 Å². The molecular weight excluding hydrogens is 306 g/mol. The Balaban J connectivity index is 1.60. The Morgan fingerprint density at radius 2 is 2.17 bits per heavy atom. The molecule has 0 bridgehead atoms. The highest BCUT2D eigenvalue weighted by molar-refractivity contribution is 5.97. The van der Waals surface area contributed by atoms with Crippen molar-refractivity contribution in [3.05, 3.63) is 41.9 Å². The van der Waals surface area contributed by atoms with Gasteiger partial charge in [-0.15, -0.1) is 5.10 Å². The number of pyridine rings is 1. The average molecular weight is 327 g/mol. The van der Waals surface area contributed by atoms with Crippen molar-refractivity contribution in [3.63, 3.8) is 0 Å². The molecule has 0 saturated carbocycles. The van der Waals surface area contributed by atoms with Gasteiger partial charge in [-0.2, -0.15) is 5.10 Å². The number of aryl methyl sites for hydroxylation is 1. The second-order valence-corrected chi connectivity index (χ2v) is 5.84. The first kappa shape index (κ1) is 16.2. The standard InChI is InChI=1S/C17H21N5O2/c1-12-10-14(15(24-2)11-18-12)17(23)20-13-5-8-22(9-6-13)16-4-3-7-19-21-16/h3-4,7,10-11,13H,5-6,8-9H2,1-2H3,(H,20,23). The first-order valence-electron chi connectivity index (χ1n) is 8.01. The monoisotopic (exact) mass is 327 g/mol. The van der Waals surface area contributed by atoms with E-state index in [1.54, 1.807) is 25.6 Å². The molecule has 1 saturated heterocycles. The van der Waals surface area contributed by atoms with E-state index < -0.39 is 0 Å². The maximum Gasteiger partial charge on any atom is 0.255 e. The summed E-state index contributed by atoms with van der Waals surface area (Å²) in [5.41, 5.74) is 1.32. The van der Waals surface area contributed by atoms with E-state index in [1.807, 2.05) is 19.1 Å². The summed E-state index contributed by atoms with van der Waals surface area (Å²) in [7, 11) is 1.54. The number of ether oxygens (including phenoxy) is 1. The Hall–Kier alpha value is -2.70. The fraction of sp³-hybridized carbons (Fsp3) is 0.412. The van der Waals surface area contributed by atoms with Crippen LogP contribution in [-0.4, -0.2) is 47.3 Å². The van der Waals surface area contributed by atoms with Crippen LogP contribution in [0.2, 0.25) is 0 Å². The van der Waals surface area contributed by atoms with Crippen LogP contribution in [0.1, 0.15) is 28.9 Å². The normalized spacial score (nSPS) is 15.2. The fourth-order valence-electron chi connectivity index (χ4n) is 2.87. The van der Waals surface area contributed by atoms with Crippen molar-refractivity contribution in [2.24, 2.45) is 0 Å². The number of nitrogens with zero attached hydrogens (tertiary/aromatic N) is 4. The molecule has 0 spiro atoms. The number of methoxy groups -OCH3 is 1. The maximum absolute atomic E-state index is 12.5. The van der Waals surface area contributed by atoms with Crippen LogP contribution in [0.25, 0.3) is 0 Å². The van der Waals surface area contributed by atoms with Crippen LogP contribution in [0.5, 0.6) is 5.75 Å². The molecule has 0 radical (unpaired) electrons. The lowest BCUT2D eigenvalue weighted by molar-refractivity contribution is 0.0927. The van der Waals surface area contributed by atoms with Crippen molar-refractivity contribution >= 4 is 11.7 Å². The Morgan fingerprint density at radius 1 is 1.38 bits per heavy atom. The van der Waals surface area contributed by atoms with Crippen molar-refractivity contribution < 1.29 is 9.53 Å². The summed E-state index contributed by atoms with van der Waals surface area (Å²) in [4.78, 5) is 18.9. The SMILES string of the molecule is COc1cnc(C)cc1C(=O)NC1CCN(c2cccnn2)CC1.